The van der Waals surface area contributed by atoms with Crippen LogP contribution < -0.4 is 0 Å². The van der Waals surface area contributed by atoms with Crippen molar-refractivity contribution in [2.75, 3.05) is 59.5 Å². The summed E-state index contributed by atoms with van der Waals surface area (Å²) >= 11 is 0. The third-order valence-electron chi connectivity index (χ3n) is 6.01. The van der Waals surface area contributed by atoms with Gasteiger partial charge >= 0.3 is 0 Å². The van der Waals surface area contributed by atoms with Crippen LogP contribution in [0.4, 0.5) is 0 Å². The SMILES string of the molecule is CN1CCN(CC2COC3(CCCN(C(=O)c4cnccn4)C3)C2)CC1. The number of nitrogens with zero attached hydrogens (tertiary/aromatic N) is 5. The van der Waals surface area contributed by atoms with Gasteiger partial charge in [0.15, 0.2) is 0 Å². The van der Waals surface area contributed by atoms with E-state index < -0.39 is 0 Å². The fraction of sp³-hybridized carbons (Fsp3) is 0.737. The highest BCUT2D eigenvalue weighted by molar-refractivity contribution is 5.92. The van der Waals surface area contributed by atoms with Gasteiger partial charge in [-0.2, -0.15) is 0 Å². The summed E-state index contributed by atoms with van der Waals surface area (Å²) in [7, 11) is 2.19. The minimum atomic E-state index is -0.159. The Hall–Kier alpha value is -1.57. The summed E-state index contributed by atoms with van der Waals surface area (Å²) in [6.07, 6.45) is 7.82. The zero-order valence-corrected chi connectivity index (χ0v) is 15.6. The van der Waals surface area contributed by atoms with E-state index in [0.717, 1.165) is 65.1 Å². The Bertz CT molecular complexity index is 620. The van der Waals surface area contributed by atoms with Gasteiger partial charge < -0.3 is 19.4 Å². The molecule has 26 heavy (non-hydrogen) atoms. The summed E-state index contributed by atoms with van der Waals surface area (Å²) in [6, 6.07) is 0. The van der Waals surface area contributed by atoms with E-state index in [2.05, 4.69) is 26.8 Å². The lowest BCUT2D eigenvalue weighted by molar-refractivity contribution is -0.0452. The number of amides is 1. The number of hydrogen-bond donors (Lipinski definition) is 0. The van der Waals surface area contributed by atoms with Gasteiger partial charge in [-0.1, -0.05) is 0 Å². The van der Waals surface area contributed by atoms with Gasteiger partial charge in [0.2, 0.25) is 0 Å². The maximum absolute atomic E-state index is 12.7. The molecule has 2 unspecified atom stereocenters. The van der Waals surface area contributed by atoms with Crippen molar-refractivity contribution in [2.24, 2.45) is 5.92 Å². The van der Waals surface area contributed by atoms with Crippen molar-refractivity contribution in [2.45, 2.75) is 24.9 Å². The van der Waals surface area contributed by atoms with Crippen molar-refractivity contribution in [3.8, 4) is 0 Å². The second-order valence-corrected chi connectivity index (χ2v) is 8.09. The maximum atomic E-state index is 12.7. The van der Waals surface area contributed by atoms with Crippen molar-refractivity contribution in [3.05, 3.63) is 24.3 Å². The second kappa shape index (κ2) is 7.58. The number of likely N-dealkylation sites (tertiary alicyclic amines) is 1. The highest BCUT2D eigenvalue weighted by Gasteiger charge is 2.45. The minimum Gasteiger partial charge on any atom is -0.373 e. The molecule has 4 rings (SSSR count). The average molecular weight is 359 g/mol. The van der Waals surface area contributed by atoms with Crippen LogP contribution in [0, 0.1) is 5.92 Å². The molecule has 3 fully saturated rings. The zero-order valence-electron chi connectivity index (χ0n) is 15.6. The number of ether oxygens (including phenoxy) is 1. The molecule has 142 valence electrons. The van der Waals surface area contributed by atoms with Crippen LogP contribution in [0.15, 0.2) is 18.6 Å². The molecule has 1 amide bonds. The molecular weight excluding hydrogens is 330 g/mol. The lowest BCUT2D eigenvalue weighted by Gasteiger charge is -2.40. The topological polar surface area (TPSA) is 61.8 Å². The summed E-state index contributed by atoms with van der Waals surface area (Å²) in [5, 5.41) is 0. The predicted octanol–water partition coefficient (Wildman–Crippen LogP) is 0.735. The Balaban J connectivity index is 1.34. The van der Waals surface area contributed by atoms with Crippen LogP contribution >= 0.6 is 0 Å². The first-order valence-corrected chi connectivity index (χ1v) is 9.74. The molecule has 7 heteroatoms. The lowest BCUT2D eigenvalue weighted by atomic mass is 9.86. The number of aromatic nitrogens is 2. The molecule has 4 heterocycles. The van der Waals surface area contributed by atoms with E-state index in [1.165, 1.54) is 0 Å². The van der Waals surface area contributed by atoms with E-state index in [-0.39, 0.29) is 11.5 Å². The fourth-order valence-electron chi connectivity index (χ4n) is 4.58. The number of hydrogen-bond acceptors (Lipinski definition) is 6. The van der Waals surface area contributed by atoms with E-state index in [1.54, 1.807) is 18.6 Å². The van der Waals surface area contributed by atoms with E-state index in [9.17, 15) is 4.79 Å². The molecule has 1 spiro atoms. The van der Waals surface area contributed by atoms with Crippen molar-refractivity contribution >= 4 is 5.91 Å². The van der Waals surface area contributed by atoms with Gasteiger partial charge in [0.05, 0.1) is 24.9 Å². The van der Waals surface area contributed by atoms with E-state index in [4.69, 9.17) is 4.74 Å². The Kier molecular flexibility index (Phi) is 5.20. The van der Waals surface area contributed by atoms with Gasteiger partial charge in [-0.25, -0.2) is 4.98 Å². The molecule has 2 atom stereocenters. The van der Waals surface area contributed by atoms with Crippen molar-refractivity contribution < 1.29 is 9.53 Å². The molecule has 0 aliphatic carbocycles. The van der Waals surface area contributed by atoms with Gasteiger partial charge in [0.1, 0.15) is 5.69 Å². The minimum absolute atomic E-state index is 0.0247. The van der Waals surface area contributed by atoms with E-state index in [0.29, 0.717) is 18.2 Å². The van der Waals surface area contributed by atoms with Crippen LogP contribution in [-0.2, 0) is 4.74 Å². The number of carbonyl (C=O) groups excluding carboxylic acids is 1. The summed E-state index contributed by atoms with van der Waals surface area (Å²) in [5.74, 6) is 0.549. The molecule has 0 N–H and O–H groups in total. The first-order chi connectivity index (χ1) is 12.6. The van der Waals surface area contributed by atoms with Gasteiger partial charge in [-0.05, 0) is 32.2 Å². The van der Waals surface area contributed by atoms with Gasteiger partial charge in [-0.3, -0.25) is 9.78 Å². The number of rotatable bonds is 3. The van der Waals surface area contributed by atoms with Gasteiger partial charge in [0, 0.05) is 51.7 Å². The van der Waals surface area contributed by atoms with Crippen LogP contribution in [0.1, 0.15) is 29.8 Å². The number of carbonyl (C=O) groups is 1. The summed E-state index contributed by atoms with van der Waals surface area (Å²) < 4.78 is 6.31. The second-order valence-electron chi connectivity index (χ2n) is 8.09. The van der Waals surface area contributed by atoms with E-state index in [1.807, 2.05) is 4.90 Å². The maximum Gasteiger partial charge on any atom is 0.274 e. The Morgan fingerprint density at radius 1 is 1.27 bits per heavy atom. The molecule has 1 aromatic rings. The Labute approximate surface area is 155 Å². The number of likely N-dealkylation sites (N-methyl/N-ethyl adjacent to an activating group) is 1. The van der Waals surface area contributed by atoms with Crippen LogP contribution in [0.25, 0.3) is 0 Å². The predicted molar refractivity (Wildman–Crippen MR) is 97.9 cm³/mol. The smallest absolute Gasteiger partial charge is 0.274 e. The fourth-order valence-corrected chi connectivity index (χ4v) is 4.58. The van der Waals surface area contributed by atoms with Crippen molar-refractivity contribution in [1.82, 2.24) is 24.7 Å². The highest BCUT2D eigenvalue weighted by atomic mass is 16.5. The number of piperidine rings is 1. The van der Waals surface area contributed by atoms with Crippen LogP contribution in [-0.4, -0.2) is 95.6 Å². The molecule has 0 saturated carbocycles. The third kappa shape index (κ3) is 3.89. The average Bonchev–Trinajstić information content (AvgIpc) is 3.05. The zero-order chi connectivity index (χ0) is 18.0. The van der Waals surface area contributed by atoms with E-state index >= 15 is 0 Å². The molecule has 0 radical (unpaired) electrons. The van der Waals surface area contributed by atoms with Crippen LogP contribution in [0.2, 0.25) is 0 Å². The molecule has 7 nitrogen and oxygen atoms in total. The Morgan fingerprint density at radius 2 is 2.12 bits per heavy atom. The molecule has 3 saturated heterocycles. The highest BCUT2D eigenvalue weighted by Crippen LogP contribution is 2.38. The largest absolute Gasteiger partial charge is 0.373 e. The summed E-state index contributed by atoms with van der Waals surface area (Å²) in [4.78, 5) is 27.8. The molecule has 0 aromatic carbocycles. The summed E-state index contributed by atoms with van der Waals surface area (Å²) in [6.45, 7) is 8.01. The van der Waals surface area contributed by atoms with Crippen LogP contribution in [0.5, 0.6) is 0 Å². The summed E-state index contributed by atoms with van der Waals surface area (Å²) in [5.41, 5.74) is 0.268. The van der Waals surface area contributed by atoms with Crippen molar-refractivity contribution in [3.63, 3.8) is 0 Å². The molecular formula is C19H29N5O2. The normalized spacial score (nSPS) is 30.8. The first kappa shape index (κ1) is 17.8. The van der Waals surface area contributed by atoms with Gasteiger partial charge in [-0.15, -0.1) is 0 Å². The molecule has 0 bridgehead atoms. The van der Waals surface area contributed by atoms with Crippen molar-refractivity contribution in [1.29, 1.82) is 0 Å². The Morgan fingerprint density at radius 3 is 2.88 bits per heavy atom. The molecule has 1 aromatic heterocycles. The van der Waals surface area contributed by atoms with Gasteiger partial charge in [0.25, 0.3) is 5.91 Å². The quantitative estimate of drug-likeness (QED) is 0.793. The lowest BCUT2D eigenvalue weighted by Crippen LogP contribution is -2.50. The first-order valence-electron chi connectivity index (χ1n) is 9.74. The monoisotopic (exact) mass is 359 g/mol. The third-order valence-corrected chi connectivity index (χ3v) is 6.01. The molecule has 3 aliphatic heterocycles. The standard InChI is InChI=1S/C19H29N5O2/c1-22-7-9-23(10-8-22)13-16-11-19(26-14-16)3-2-6-24(15-19)18(25)17-12-20-4-5-21-17/h4-5,12,16H,2-3,6-11,13-15H2,1H3. The molecule has 3 aliphatic rings. The van der Waals surface area contributed by atoms with Crippen LogP contribution in [0.3, 0.4) is 0 Å². The number of piperazine rings is 1.